The zero-order chi connectivity index (χ0) is 23.0. The first kappa shape index (κ1) is 23.0. The number of hydrogen-bond acceptors (Lipinski definition) is 7. The number of hydroxylamine groups is 1. The molecule has 0 aliphatic carbocycles. The monoisotopic (exact) mass is 438 g/mol. The predicted molar refractivity (Wildman–Crippen MR) is 117 cm³/mol. The van der Waals surface area contributed by atoms with Gasteiger partial charge in [0.2, 0.25) is 5.76 Å². The molecule has 0 aliphatic rings. The number of methoxy groups -OCH3 is 1. The fourth-order valence-corrected chi connectivity index (χ4v) is 3.37. The van der Waals surface area contributed by atoms with E-state index in [2.05, 4.69) is 46.1 Å². The van der Waals surface area contributed by atoms with Crippen LogP contribution >= 0.6 is 0 Å². The van der Waals surface area contributed by atoms with Crippen LogP contribution in [-0.4, -0.2) is 35.9 Å². The van der Waals surface area contributed by atoms with Crippen molar-refractivity contribution >= 4 is 11.9 Å². The molecule has 0 aliphatic heterocycles. The van der Waals surface area contributed by atoms with Crippen molar-refractivity contribution in [2.45, 2.75) is 26.2 Å². The minimum atomic E-state index is -0.949. The Balaban J connectivity index is 1.53. The van der Waals surface area contributed by atoms with Gasteiger partial charge < -0.3 is 19.2 Å². The lowest BCUT2D eigenvalue weighted by Crippen LogP contribution is -2.39. The molecule has 8 nitrogen and oxygen atoms in total. The van der Waals surface area contributed by atoms with E-state index < -0.39 is 23.2 Å². The maximum atomic E-state index is 12.6. The maximum absolute atomic E-state index is 12.6. The van der Waals surface area contributed by atoms with Crippen LogP contribution in [0.1, 0.15) is 35.9 Å². The van der Waals surface area contributed by atoms with Gasteiger partial charge in [0, 0.05) is 7.11 Å². The Bertz CT molecular complexity index is 1030. The van der Waals surface area contributed by atoms with E-state index in [4.69, 9.17) is 14.7 Å². The van der Waals surface area contributed by atoms with Crippen LogP contribution in [0.15, 0.2) is 65.2 Å². The van der Waals surface area contributed by atoms with Crippen molar-refractivity contribution in [1.82, 2.24) is 10.6 Å². The summed E-state index contributed by atoms with van der Waals surface area (Å²) in [5.41, 5.74) is 4.55. The molecule has 0 saturated carbocycles. The Morgan fingerprint density at radius 2 is 1.78 bits per heavy atom. The fraction of sp³-hybridized carbons (Fsp3) is 0.292. The third-order valence-corrected chi connectivity index (χ3v) is 5.17. The molecule has 0 bridgehead atoms. The highest BCUT2D eigenvalue weighted by molar-refractivity contribution is 5.91. The third-order valence-electron chi connectivity index (χ3n) is 5.17. The molecule has 0 saturated heterocycles. The van der Waals surface area contributed by atoms with E-state index in [1.54, 1.807) is 6.92 Å². The van der Waals surface area contributed by atoms with E-state index >= 15 is 0 Å². The van der Waals surface area contributed by atoms with Crippen molar-refractivity contribution in [3.05, 3.63) is 72.0 Å². The Hall–Kier alpha value is -3.65. The van der Waals surface area contributed by atoms with Gasteiger partial charge in [0.1, 0.15) is 0 Å². The standard InChI is InChI=1S/C24H26N2O6/c1-24(16-30-2,23(29)32-26-22(28)20-15-21(27)25-31-20)14-6-7-17-10-12-19(13-11-17)18-8-4-3-5-9-18/h3-5,8-13,15H,6-7,14,16H2,1-2H3,(H,25,27)(H,26,28). The first-order valence-corrected chi connectivity index (χ1v) is 10.2. The molecule has 1 atom stereocenters. The minimum Gasteiger partial charge on any atom is -0.491 e. The molecule has 1 heterocycles. The van der Waals surface area contributed by atoms with Crippen molar-refractivity contribution < 1.29 is 28.8 Å². The van der Waals surface area contributed by atoms with Crippen molar-refractivity contribution in [3.8, 4) is 17.0 Å². The molecule has 0 radical (unpaired) electrons. The molecule has 3 rings (SSSR count). The molecule has 2 N–H and O–H groups in total. The van der Waals surface area contributed by atoms with Crippen molar-refractivity contribution in [3.63, 3.8) is 0 Å². The molecule has 0 spiro atoms. The predicted octanol–water partition coefficient (Wildman–Crippen LogP) is 3.91. The Kier molecular flexibility index (Phi) is 7.62. The lowest BCUT2D eigenvalue weighted by Gasteiger charge is -2.26. The summed E-state index contributed by atoms with van der Waals surface area (Å²) in [6, 6.07) is 19.5. The quantitative estimate of drug-likeness (QED) is 0.487. The molecule has 2 aromatic carbocycles. The number of nitrogens with zero attached hydrogens (tertiary/aromatic N) is 1. The van der Waals surface area contributed by atoms with Crippen LogP contribution in [0.5, 0.6) is 5.88 Å². The van der Waals surface area contributed by atoms with E-state index in [9.17, 15) is 9.59 Å². The zero-order valence-electron chi connectivity index (χ0n) is 18.0. The first-order valence-electron chi connectivity index (χ1n) is 10.2. The van der Waals surface area contributed by atoms with E-state index in [-0.39, 0.29) is 12.4 Å². The van der Waals surface area contributed by atoms with Crippen LogP contribution in [0.25, 0.3) is 11.1 Å². The number of benzene rings is 2. The highest BCUT2D eigenvalue weighted by Gasteiger charge is 2.35. The number of aromatic nitrogens is 1. The minimum absolute atomic E-state index is 0.137. The lowest BCUT2D eigenvalue weighted by atomic mass is 9.85. The summed E-state index contributed by atoms with van der Waals surface area (Å²) in [6.07, 6.45) is 2.01. The topological polar surface area (TPSA) is 111 Å². The fourth-order valence-electron chi connectivity index (χ4n) is 3.37. The number of nitrogens with one attached hydrogen (secondary N) is 1. The normalized spacial score (nSPS) is 12.7. The number of amides is 1. The molecule has 0 fully saturated rings. The van der Waals surface area contributed by atoms with Gasteiger partial charge >= 0.3 is 11.9 Å². The Morgan fingerprint density at radius 3 is 2.41 bits per heavy atom. The number of aromatic hydroxyl groups is 1. The molecule has 8 heteroatoms. The number of carbonyl (C=O) groups is 2. The van der Waals surface area contributed by atoms with Crippen LogP contribution in [0.3, 0.4) is 0 Å². The third kappa shape index (κ3) is 5.95. The molecular weight excluding hydrogens is 412 g/mol. The second-order valence-electron chi connectivity index (χ2n) is 7.78. The van der Waals surface area contributed by atoms with E-state index in [0.29, 0.717) is 6.42 Å². The van der Waals surface area contributed by atoms with Gasteiger partial charge in [0.15, 0.2) is 0 Å². The van der Waals surface area contributed by atoms with E-state index in [1.807, 2.05) is 23.7 Å². The molecule has 3 aromatic rings. The average molecular weight is 438 g/mol. The highest BCUT2D eigenvalue weighted by Crippen LogP contribution is 2.27. The second kappa shape index (κ2) is 10.6. The largest absolute Gasteiger partial charge is 0.491 e. The summed E-state index contributed by atoms with van der Waals surface area (Å²) in [7, 11) is 1.50. The zero-order valence-corrected chi connectivity index (χ0v) is 18.0. The van der Waals surface area contributed by atoms with E-state index in [1.165, 1.54) is 7.11 Å². The number of carbonyl (C=O) groups excluding carboxylic acids is 2. The first-order chi connectivity index (χ1) is 15.4. The lowest BCUT2D eigenvalue weighted by molar-refractivity contribution is -0.164. The van der Waals surface area contributed by atoms with Gasteiger partial charge in [-0.2, -0.15) is 5.48 Å². The van der Waals surface area contributed by atoms with Gasteiger partial charge in [-0.15, -0.1) is 0 Å². The van der Waals surface area contributed by atoms with Gasteiger partial charge in [0.25, 0.3) is 5.88 Å². The number of hydrogen-bond donors (Lipinski definition) is 2. The van der Waals surface area contributed by atoms with E-state index in [0.717, 1.165) is 35.6 Å². The highest BCUT2D eigenvalue weighted by atomic mass is 16.7. The number of ether oxygens (including phenoxy) is 1. The summed E-state index contributed by atoms with van der Waals surface area (Å²) in [4.78, 5) is 29.5. The van der Waals surface area contributed by atoms with Gasteiger partial charge in [-0.05, 0) is 48.0 Å². The van der Waals surface area contributed by atoms with Crippen LogP contribution in [-0.2, 0) is 20.8 Å². The molecule has 168 valence electrons. The molecule has 32 heavy (non-hydrogen) atoms. The van der Waals surface area contributed by atoms with Gasteiger partial charge in [-0.3, -0.25) is 4.79 Å². The summed E-state index contributed by atoms with van der Waals surface area (Å²) in [5, 5.41) is 12.3. The molecule has 1 aromatic heterocycles. The summed E-state index contributed by atoms with van der Waals surface area (Å²) in [5.74, 6) is -2.18. The number of rotatable bonds is 9. The number of aryl methyl sites for hydroxylation is 1. The van der Waals surface area contributed by atoms with Crippen molar-refractivity contribution in [2.24, 2.45) is 5.41 Å². The second-order valence-corrected chi connectivity index (χ2v) is 7.78. The van der Waals surface area contributed by atoms with Crippen LogP contribution < -0.4 is 5.48 Å². The van der Waals surface area contributed by atoms with Gasteiger partial charge in [-0.1, -0.05) is 54.6 Å². The molecule has 1 unspecified atom stereocenters. The summed E-state index contributed by atoms with van der Waals surface area (Å²) < 4.78 is 9.83. The Labute approximate surface area is 186 Å². The van der Waals surface area contributed by atoms with Crippen molar-refractivity contribution in [2.75, 3.05) is 13.7 Å². The van der Waals surface area contributed by atoms with Crippen molar-refractivity contribution in [1.29, 1.82) is 0 Å². The smallest absolute Gasteiger partial charge is 0.340 e. The summed E-state index contributed by atoms with van der Waals surface area (Å²) in [6.45, 7) is 1.86. The Morgan fingerprint density at radius 1 is 1.09 bits per heavy atom. The summed E-state index contributed by atoms with van der Waals surface area (Å²) >= 11 is 0. The van der Waals surface area contributed by atoms with Gasteiger partial charge in [-0.25, -0.2) is 4.79 Å². The van der Waals surface area contributed by atoms with Crippen LogP contribution in [0.4, 0.5) is 0 Å². The van der Waals surface area contributed by atoms with Crippen LogP contribution in [0, 0.1) is 5.41 Å². The molecular formula is C24H26N2O6. The maximum Gasteiger partial charge on any atom is 0.340 e. The molecule has 1 amide bonds. The van der Waals surface area contributed by atoms with Gasteiger partial charge in [0.05, 0.1) is 18.1 Å². The van der Waals surface area contributed by atoms with Crippen LogP contribution in [0.2, 0.25) is 0 Å². The average Bonchev–Trinajstić information content (AvgIpc) is 3.25. The SMILES string of the molecule is COCC(C)(CCCc1ccc(-c2ccccc2)cc1)C(=O)ONC(=O)c1cc(O)no1.